The van der Waals surface area contributed by atoms with Gasteiger partial charge in [-0.25, -0.2) is 8.78 Å². The van der Waals surface area contributed by atoms with Crippen molar-refractivity contribution in [2.75, 3.05) is 19.6 Å². The Morgan fingerprint density at radius 3 is 2.36 bits per heavy atom. The molecule has 3 fully saturated rings. The van der Waals surface area contributed by atoms with Gasteiger partial charge in [0.05, 0.1) is 6.54 Å². The SMILES string of the molecule is FC(F)CN1CC2CC(C1)N2. The molecule has 3 saturated heterocycles. The fourth-order valence-corrected chi connectivity index (χ4v) is 1.95. The highest BCUT2D eigenvalue weighted by molar-refractivity contribution is 4.97. The molecule has 2 nitrogen and oxygen atoms in total. The summed E-state index contributed by atoms with van der Waals surface area (Å²) in [6.07, 6.45) is -0.993. The van der Waals surface area contributed by atoms with Gasteiger partial charge in [-0.1, -0.05) is 0 Å². The van der Waals surface area contributed by atoms with Crippen molar-refractivity contribution in [3.8, 4) is 0 Å². The third-order valence-electron chi connectivity index (χ3n) is 2.39. The molecule has 2 bridgehead atoms. The van der Waals surface area contributed by atoms with E-state index in [-0.39, 0.29) is 6.54 Å². The normalized spacial score (nSPS) is 37.4. The molecule has 64 valence electrons. The van der Waals surface area contributed by atoms with Crippen LogP contribution in [0.3, 0.4) is 0 Å². The smallest absolute Gasteiger partial charge is 0.251 e. The Balaban J connectivity index is 1.79. The summed E-state index contributed by atoms with van der Waals surface area (Å²) in [6.45, 7) is 1.57. The van der Waals surface area contributed by atoms with Gasteiger partial charge in [0.1, 0.15) is 0 Å². The van der Waals surface area contributed by atoms with Crippen LogP contribution in [0, 0.1) is 0 Å². The molecule has 0 spiro atoms. The monoisotopic (exact) mass is 162 g/mol. The quantitative estimate of drug-likeness (QED) is 0.628. The Bertz CT molecular complexity index is 133. The average Bonchev–Trinajstić information content (AvgIpc) is 1.83. The maximum Gasteiger partial charge on any atom is 0.251 e. The number of hydrogen-bond acceptors (Lipinski definition) is 2. The molecule has 3 heterocycles. The van der Waals surface area contributed by atoms with Crippen LogP contribution in [-0.4, -0.2) is 43.0 Å². The van der Waals surface area contributed by atoms with Gasteiger partial charge >= 0.3 is 0 Å². The number of piperazine rings is 1. The highest BCUT2D eigenvalue weighted by atomic mass is 19.3. The molecule has 0 saturated carbocycles. The maximum atomic E-state index is 11.9. The van der Waals surface area contributed by atoms with E-state index in [9.17, 15) is 8.78 Å². The lowest BCUT2D eigenvalue weighted by Gasteiger charge is -2.48. The van der Waals surface area contributed by atoms with Crippen molar-refractivity contribution >= 4 is 0 Å². The van der Waals surface area contributed by atoms with Gasteiger partial charge in [0.2, 0.25) is 0 Å². The standard InChI is InChI=1S/C7H12F2N2/c8-7(9)4-11-2-5-1-6(3-11)10-5/h5-7,10H,1-4H2. The first-order chi connectivity index (χ1) is 5.24. The lowest BCUT2D eigenvalue weighted by atomic mass is 9.91. The first-order valence-corrected chi connectivity index (χ1v) is 4.00. The van der Waals surface area contributed by atoms with Crippen LogP contribution in [0.5, 0.6) is 0 Å². The second kappa shape index (κ2) is 2.68. The molecule has 1 N–H and O–H groups in total. The van der Waals surface area contributed by atoms with Crippen LogP contribution in [0.25, 0.3) is 0 Å². The first-order valence-electron chi connectivity index (χ1n) is 4.00. The van der Waals surface area contributed by atoms with E-state index in [0.29, 0.717) is 12.1 Å². The maximum absolute atomic E-state index is 11.9. The summed E-state index contributed by atoms with van der Waals surface area (Å²) in [4.78, 5) is 1.85. The second-order valence-electron chi connectivity index (χ2n) is 3.41. The predicted molar refractivity (Wildman–Crippen MR) is 37.8 cm³/mol. The molecule has 0 amide bonds. The Kier molecular flexibility index (Phi) is 1.81. The molecule has 3 aliphatic heterocycles. The zero-order valence-corrected chi connectivity index (χ0v) is 6.26. The number of alkyl halides is 2. The third kappa shape index (κ3) is 1.51. The highest BCUT2D eigenvalue weighted by Gasteiger charge is 2.36. The molecule has 4 heteroatoms. The van der Waals surface area contributed by atoms with Crippen molar-refractivity contribution in [2.24, 2.45) is 0 Å². The summed E-state index contributed by atoms with van der Waals surface area (Å²) >= 11 is 0. The van der Waals surface area contributed by atoms with Crippen LogP contribution >= 0.6 is 0 Å². The van der Waals surface area contributed by atoms with Crippen molar-refractivity contribution in [1.82, 2.24) is 10.2 Å². The second-order valence-corrected chi connectivity index (χ2v) is 3.41. The minimum absolute atomic E-state index is 0.0469. The predicted octanol–water partition coefficient (Wildman–Crippen LogP) is 0.298. The van der Waals surface area contributed by atoms with E-state index in [1.807, 2.05) is 4.90 Å². The Labute approximate surface area is 64.6 Å². The minimum Gasteiger partial charge on any atom is -0.309 e. The van der Waals surface area contributed by atoms with Crippen LogP contribution in [0.1, 0.15) is 6.42 Å². The number of nitrogens with zero attached hydrogens (tertiary/aromatic N) is 1. The van der Waals surface area contributed by atoms with Crippen LogP contribution in [0.15, 0.2) is 0 Å². The molecule has 3 rings (SSSR count). The molecule has 0 radical (unpaired) electrons. The molecule has 2 atom stereocenters. The molecule has 0 aromatic heterocycles. The van der Waals surface area contributed by atoms with Gasteiger partial charge in [-0.05, 0) is 6.42 Å². The van der Waals surface area contributed by atoms with Crippen LogP contribution < -0.4 is 5.32 Å². The summed E-state index contributed by atoms with van der Waals surface area (Å²) in [5.74, 6) is 0. The van der Waals surface area contributed by atoms with Gasteiger partial charge in [-0.3, -0.25) is 4.90 Å². The highest BCUT2D eigenvalue weighted by Crippen LogP contribution is 2.20. The van der Waals surface area contributed by atoms with E-state index in [1.54, 1.807) is 0 Å². The van der Waals surface area contributed by atoms with Crippen LogP contribution in [0.4, 0.5) is 8.78 Å². The number of hydrogen-bond donors (Lipinski definition) is 1. The van der Waals surface area contributed by atoms with Gasteiger partial charge in [0, 0.05) is 25.2 Å². The topological polar surface area (TPSA) is 15.3 Å². The van der Waals surface area contributed by atoms with Crippen molar-refractivity contribution < 1.29 is 8.78 Å². The summed E-state index contributed by atoms with van der Waals surface area (Å²) in [5, 5.41) is 3.30. The molecule has 0 aromatic rings. The average molecular weight is 162 g/mol. The first kappa shape index (κ1) is 7.43. The summed E-state index contributed by atoms with van der Waals surface area (Å²) in [7, 11) is 0. The minimum atomic E-state index is -2.17. The molecule has 0 aromatic carbocycles. The number of rotatable bonds is 2. The molecular formula is C7H12F2N2. The summed E-state index contributed by atoms with van der Waals surface area (Å²) < 4.78 is 23.8. The van der Waals surface area contributed by atoms with Crippen molar-refractivity contribution in [1.29, 1.82) is 0 Å². The zero-order valence-electron chi connectivity index (χ0n) is 6.26. The van der Waals surface area contributed by atoms with E-state index >= 15 is 0 Å². The van der Waals surface area contributed by atoms with Gasteiger partial charge in [0.15, 0.2) is 0 Å². The summed E-state index contributed by atoms with van der Waals surface area (Å²) in [6, 6.07) is 0.986. The fraction of sp³-hybridized carbons (Fsp3) is 1.00. The number of fused-ring (bicyclic) bond motifs is 2. The van der Waals surface area contributed by atoms with E-state index in [1.165, 1.54) is 6.42 Å². The number of piperidine rings is 1. The Morgan fingerprint density at radius 2 is 1.91 bits per heavy atom. The van der Waals surface area contributed by atoms with Gasteiger partial charge < -0.3 is 5.32 Å². The Morgan fingerprint density at radius 1 is 1.36 bits per heavy atom. The fourth-order valence-electron chi connectivity index (χ4n) is 1.95. The molecule has 0 aliphatic carbocycles. The van der Waals surface area contributed by atoms with Crippen LogP contribution in [-0.2, 0) is 0 Å². The van der Waals surface area contributed by atoms with E-state index in [4.69, 9.17) is 0 Å². The van der Waals surface area contributed by atoms with E-state index in [2.05, 4.69) is 5.32 Å². The largest absolute Gasteiger partial charge is 0.309 e. The van der Waals surface area contributed by atoms with Crippen LogP contribution in [0.2, 0.25) is 0 Å². The molecular weight excluding hydrogens is 150 g/mol. The third-order valence-corrected chi connectivity index (χ3v) is 2.39. The van der Waals surface area contributed by atoms with Crippen molar-refractivity contribution in [3.05, 3.63) is 0 Å². The van der Waals surface area contributed by atoms with E-state index in [0.717, 1.165) is 13.1 Å². The van der Waals surface area contributed by atoms with E-state index < -0.39 is 6.43 Å². The van der Waals surface area contributed by atoms with Crippen molar-refractivity contribution in [3.63, 3.8) is 0 Å². The molecule has 11 heavy (non-hydrogen) atoms. The number of halogens is 2. The molecule has 3 aliphatic rings. The Hall–Kier alpha value is -0.220. The lowest BCUT2D eigenvalue weighted by Crippen LogP contribution is -2.67. The summed E-state index contributed by atoms with van der Waals surface area (Å²) in [5.41, 5.74) is 0. The molecule has 2 unspecified atom stereocenters. The van der Waals surface area contributed by atoms with Gasteiger partial charge in [-0.2, -0.15) is 0 Å². The van der Waals surface area contributed by atoms with Crippen molar-refractivity contribution in [2.45, 2.75) is 24.9 Å². The van der Waals surface area contributed by atoms with Gasteiger partial charge in [-0.15, -0.1) is 0 Å². The zero-order chi connectivity index (χ0) is 7.84. The lowest BCUT2D eigenvalue weighted by molar-refractivity contribution is 0.0254. The number of nitrogens with one attached hydrogen (secondary N) is 1. The van der Waals surface area contributed by atoms with Gasteiger partial charge in [0.25, 0.3) is 6.43 Å².